The van der Waals surface area contributed by atoms with Crippen molar-refractivity contribution in [2.24, 2.45) is 0 Å². The average molecular weight is 457 g/mol. The zero-order valence-electron chi connectivity index (χ0n) is 16.7. The molecule has 0 atom stereocenters. The van der Waals surface area contributed by atoms with Gasteiger partial charge in [0.1, 0.15) is 5.82 Å². The highest BCUT2D eigenvalue weighted by Gasteiger charge is 2.17. The van der Waals surface area contributed by atoms with E-state index in [1.165, 1.54) is 18.4 Å². The Hall–Kier alpha value is -3.05. The molecular weight excluding hydrogens is 436 g/mol. The summed E-state index contributed by atoms with van der Waals surface area (Å²) in [5, 5.41) is 0. The predicted octanol–water partition coefficient (Wildman–Crippen LogP) is 6.74. The molecule has 148 valence electrons. The number of aryl methyl sites for hydroxylation is 1. The van der Waals surface area contributed by atoms with Crippen LogP contribution in [-0.4, -0.2) is 19.5 Å². The van der Waals surface area contributed by atoms with E-state index >= 15 is 0 Å². The summed E-state index contributed by atoms with van der Waals surface area (Å²) >= 11 is 3.58. The van der Waals surface area contributed by atoms with E-state index in [2.05, 4.69) is 63.8 Å². The van der Waals surface area contributed by atoms with Gasteiger partial charge in [-0.1, -0.05) is 65.7 Å². The molecule has 0 fully saturated rings. The van der Waals surface area contributed by atoms with E-state index in [4.69, 9.17) is 15.0 Å². The van der Waals surface area contributed by atoms with E-state index in [0.29, 0.717) is 5.65 Å². The van der Waals surface area contributed by atoms with Crippen molar-refractivity contribution in [1.82, 2.24) is 19.5 Å². The van der Waals surface area contributed by atoms with Crippen molar-refractivity contribution in [3.05, 3.63) is 82.8 Å². The summed E-state index contributed by atoms with van der Waals surface area (Å²) in [6.45, 7) is 2.22. The van der Waals surface area contributed by atoms with Crippen LogP contribution in [0.2, 0.25) is 0 Å². The molecule has 2 aromatic heterocycles. The van der Waals surface area contributed by atoms with Crippen molar-refractivity contribution in [3.63, 3.8) is 0 Å². The van der Waals surface area contributed by atoms with Crippen molar-refractivity contribution in [1.29, 1.82) is 0 Å². The summed E-state index contributed by atoms with van der Waals surface area (Å²) in [4.78, 5) is 14.6. The number of fused-ring (bicyclic) bond motifs is 2. The smallest absolute Gasteiger partial charge is 0.199 e. The molecule has 0 aliphatic heterocycles. The van der Waals surface area contributed by atoms with Crippen LogP contribution in [0.3, 0.4) is 0 Å². The van der Waals surface area contributed by atoms with Gasteiger partial charge in [-0.25, -0.2) is 15.0 Å². The van der Waals surface area contributed by atoms with Gasteiger partial charge in [-0.3, -0.25) is 4.57 Å². The highest BCUT2D eigenvalue weighted by Crippen LogP contribution is 2.30. The van der Waals surface area contributed by atoms with Crippen molar-refractivity contribution < 1.29 is 0 Å². The van der Waals surface area contributed by atoms with Crippen LogP contribution in [0.5, 0.6) is 0 Å². The maximum atomic E-state index is 4.92. The van der Waals surface area contributed by atoms with Gasteiger partial charge in [-0.15, -0.1) is 0 Å². The molecule has 30 heavy (non-hydrogen) atoms. The molecule has 0 spiro atoms. The third-order valence-electron chi connectivity index (χ3n) is 5.27. The summed E-state index contributed by atoms with van der Waals surface area (Å²) < 4.78 is 3.12. The van der Waals surface area contributed by atoms with Crippen LogP contribution in [-0.2, 0) is 6.42 Å². The van der Waals surface area contributed by atoms with Gasteiger partial charge in [0.05, 0.1) is 11.0 Å². The van der Waals surface area contributed by atoms with Gasteiger partial charge in [0.15, 0.2) is 11.3 Å². The summed E-state index contributed by atoms with van der Waals surface area (Å²) in [5.41, 5.74) is 6.55. The molecule has 5 aromatic rings. The molecule has 5 heteroatoms. The van der Waals surface area contributed by atoms with E-state index in [1.54, 1.807) is 0 Å². The van der Waals surface area contributed by atoms with Gasteiger partial charge in [0.2, 0.25) is 0 Å². The summed E-state index contributed by atoms with van der Waals surface area (Å²) in [7, 11) is 0. The Labute approximate surface area is 183 Å². The number of unbranched alkanes of at least 4 members (excludes halogenated alkanes) is 1. The SMILES string of the molecule is CCCCc1ccc(-n2c(-c3cccc(Br)c3)nc3nc4ccccc4nc32)cc1. The predicted molar refractivity (Wildman–Crippen MR) is 126 cm³/mol. The summed E-state index contributed by atoms with van der Waals surface area (Å²) in [5.74, 6) is 0.836. The minimum atomic E-state index is 0.652. The average Bonchev–Trinajstić information content (AvgIpc) is 3.15. The van der Waals surface area contributed by atoms with Crippen LogP contribution in [0, 0.1) is 0 Å². The maximum absolute atomic E-state index is 4.92. The lowest BCUT2D eigenvalue weighted by molar-refractivity contribution is 0.795. The number of halogens is 1. The molecule has 0 saturated carbocycles. The van der Waals surface area contributed by atoms with Gasteiger partial charge in [-0.05, 0) is 54.8 Å². The van der Waals surface area contributed by atoms with E-state index in [-0.39, 0.29) is 0 Å². The Morgan fingerprint density at radius 2 is 1.60 bits per heavy atom. The second kappa shape index (κ2) is 8.00. The van der Waals surface area contributed by atoms with E-state index in [9.17, 15) is 0 Å². The minimum absolute atomic E-state index is 0.652. The van der Waals surface area contributed by atoms with Crippen molar-refractivity contribution in [3.8, 4) is 17.1 Å². The number of rotatable bonds is 5. The molecule has 5 rings (SSSR count). The Kier molecular flexibility index (Phi) is 5.05. The summed E-state index contributed by atoms with van der Waals surface area (Å²) in [6, 6.07) is 24.8. The fourth-order valence-electron chi connectivity index (χ4n) is 3.72. The van der Waals surface area contributed by atoms with Crippen LogP contribution in [0.15, 0.2) is 77.3 Å². The molecule has 0 amide bonds. The molecular formula is C25H21BrN4. The Morgan fingerprint density at radius 3 is 2.33 bits per heavy atom. The Balaban J connectivity index is 1.74. The third kappa shape index (κ3) is 3.50. The number of nitrogens with zero attached hydrogens (tertiary/aromatic N) is 4. The fourth-order valence-corrected chi connectivity index (χ4v) is 4.11. The number of para-hydroxylation sites is 2. The molecule has 3 aromatic carbocycles. The number of hydrogen-bond acceptors (Lipinski definition) is 3. The lowest BCUT2D eigenvalue weighted by Crippen LogP contribution is -2.00. The number of hydrogen-bond donors (Lipinski definition) is 0. The first-order valence-electron chi connectivity index (χ1n) is 10.2. The first kappa shape index (κ1) is 18.9. The van der Waals surface area contributed by atoms with E-state index in [1.807, 2.05) is 36.4 Å². The van der Waals surface area contributed by atoms with E-state index in [0.717, 1.165) is 44.6 Å². The zero-order chi connectivity index (χ0) is 20.5. The lowest BCUT2D eigenvalue weighted by Gasteiger charge is -2.10. The largest absolute Gasteiger partial charge is 0.275 e. The van der Waals surface area contributed by atoms with E-state index < -0.39 is 0 Å². The van der Waals surface area contributed by atoms with Gasteiger partial charge < -0.3 is 0 Å². The maximum Gasteiger partial charge on any atom is 0.199 e. The molecule has 0 unspecified atom stereocenters. The monoisotopic (exact) mass is 456 g/mol. The first-order chi connectivity index (χ1) is 14.7. The molecule has 0 aliphatic carbocycles. The van der Waals surface area contributed by atoms with Crippen LogP contribution in [0.4, 0.5) is 0 Å². The quantitative estimate of drug-likeness (QED) is 0.294. The zero-order valence-corrected chi connectivity index (χ0v) is 18.3. The normalized spacial score (nSPS) is 11.4. The van der Waals surface area contributed by atoms with Gasteiger partial charge in [0, 0.05) is 15.7 Å². The Morgan fingerprint density at radius 1 is 0.833 bits per heavy atom. The number of benzene rings is 3. The highest BCUT2D eigenvalue weighted by molar-refractivity contribution is 9.10. The van der Waals surface area contributed by atoms with Crippen LogP contribution in [0.1, 0.15) is 25.3 Å². The van der Waals surface area contributed by atoms with Gasteiger partial charge in [-0.2, -0.15) is 0 Å². The molecule has 2 heterocycles. The first-order valence-corrected chi connectivity index (χ1v) is 11.0. The standard InChI is InChI=1S/C25H21BrN4/c1-2-3-7-17-12-14-20(15-13-17)30-24(18-8-6-9-19(26)16-18)29-23-25(30)28-22-11-5-4-10-21(22)27-23/h4-6,8-16H,2-3,7H2,1H3. The van der Waals surface area contributed by atoms with Crippen molar-refractivity contribution in [2.75, 3.05) is 0 Å². The highest BCUT2D eigenvalue weighted by atomic mass is 79.9. The lowest BCUT2D eigenvalue weighted by atomic mass is 10.1. The van der Waals surface area contributed by atoms with Crippen LogP contribution >= 0.6 is 15.9 Å². The second-order valence-electron chi connectivity index (χ2n) is 7.41. The summed E-state index contributed by atoms with van der Waals surface area (Å²) in [6.07, 6.45) is 3.50. The van der Waals surface area contributed by atoms with Crippen molar-refractivity contribution in [2.45, 2.75) is 26.2 Å². The molecule has 4 nitrogen and oxygen atoms in total. The number of imidazole rings is 1. The molecule has 0 N–H and O–H groups in total. The second-order valence-corrected chi connectivity index (χ2v) is 8.33. The molecule has 0 bridgehead atoms. The topological polar surface area (TPSA) is 43.6 Å². The van der Waals surface area contributed by atoms with Gasteiger partial charge >= 0.3 is 0 Å². The van der Waals surface area contributed by atoms with Crippen LogP contribution < -0.4 is 0 Å². The molecule has 0 saturated heterocycles. The molecule has 0 aliphatic rings. The third-order valence-corrected chi connectivity index (χ3v) is 5.76. The van der Waals surface area contributed by atoms with Gasteiger partial charge in [0.25, 0.3) is 0 Å². The molecule has 0 radical (unpaired) electrons. The fraction of sp³-hybridized carbons (Fsp3) is 0.160. The van der Waals surface area contributed by atoms with Crippen LogP contribution in [0.25, 0.3) is 39.4 Å². The minimum Gasteiger partial charge on any atom is -0.275 e. The van der Waals surface area contributed by atoms with Crippen molar-refractivity contribution >= 4 is 38.3 Å². The Bertz CT molecular complexity index is 1340. The number of aromatic nitrogens is 4.